The fourth-order valence-corrected chi connectivity index (χ4v) is 7.10. The number of hydrogen-bond acceptors (Lipinski definition) is 8. The van der Waals surface area contributed by atoms with Gasteiger partial charge >= 0.3 is 35.5 Å². The smallest absolute Gasteiger partial charge is 0.744 e. The monoisotopic (exact) mass is 664 g/mol. The van der Waals surface area contributed by atoms with E-state index in [1.165, 1.54) is 24.3 Å². The molecule has 2 aliphatic heterocycles. The Morgan fingerprint density at radius 2 is 1.47 bits per heavy atom. The standard InChI is InChI=1S/C32H38N2O8S2.Na/c1-31(2)24-20-22(43(37,38)39)15-17-26(24)33(5)28(31)12-8-6-9-13-29-32(3,4)25-21-23(44(40,41)42)16-18-27(25)34(29)19-11-7-10-14-30(35)36;/h6,8-9,12-13,15-18,20-21H,7,10-11,14,19H2,1-5H3,(H2-,35,36,37,38,39,40,41,42);/q;+1/p-1. The molecule has 0 radical (unpaired) electrons. The first-order valence-electron chi connectivity index (χ1n) is 14.2. The van der Waals surface area contributed by atoms with Gasteiger partial charge in [-0.2, -0.15) is 4.58 Å². The second kappa shape index (κ2) is 13.6. The largest absolute Gasteiger partial charge is 1.00 e. The molecular weight excluding hydrogens is 627 g/mol. The van der Waals surface area contributed by atoms with Crippen LogP contribution in [0.2, 0.25) is 0 Å². The normalized spacial score (nSPS) is 18.1. The minimum atomic E-state index is -4.64. The summed E-state index contributed by atoms with van der Waals surface area (Å²) in [4.78, 5) is 12.4. The molecule has 0 aliphatic carbocycles. The predicted molar refractivity (Wildman–Crippen MR) is 166 cm³/mol. The number of fused-ring (bicyclic) bond motifs is 2. The van der Waals surface area contributed by atoms with Gasteiger partial charge in [0, 0.05) is 47.5 Å². The Balaban J connectivity index is 0.00000552. The van der Waals surface area contributed by atoms with Crippen LogP contribution in [0.1, 0.15) is 64.5 Å². The minimum Gasteiger partial charge on any atom is -0.744 e. The molecule has 0 unspecified atom stereocenters. The number of allylic oxidation sites excluding steroid dienone is 6. The molecular formula is C32H37N2NaO8S2. The zero-order valence-electron chi connectivity index (χ0n) is 26.4. The van der Waals surface area contributed by atoms with E-state index in [1.807, 2.05) is 69.7 Å². The van der Waals surface area contributed by atoms with E-state index in [0.29, 0.717) is 19.4 Å². The summed E-state index contributed by atoms with van der Waals surface area (Å²) in [7, 11) is -7.34. The molecule has 2 aromatic carbocycles. The van der Waals surface area contributed by atoms with Crippen molar-refractivity contribution in [2.24, 2.45) is 0 Å². The molecule has 0 aromatic heterocycles. The Morgan fingerprint density at radius 1 is 0.867 bits per heavy atom. The van der Waals surface area contributed by atoms with Crippen molar-refractivity contribution in [1.82, 2.24) is 0 Å². The predicted octanol–water partition coefficient (Wildman–Crippen LogP) is 1.94. The maximum atomic E-state index is 11.8. The quantitative estimate of drug-likeness (QED) is 0.125. The number of carboxylic acid groups (broad SMARTS) is 1. The number of unbranched alkanes of at least 4 members (excludes halogenated alkanes) is 2. The number of hydrogen-bond donors (Lipinski definition) is 1. The Kier molecular flexibility index (Phi) is 11.2. The molecule has 10 nitrogen and oxygen atoms in total. The first kappa shape index (κ1) is 36.9. The van der Waals surface area contributed by atoms with Gasteiger partial charge in [0.1, 0.15) is 27.3 Å². The number of benzene rings is 2. The van der Waals surface area contributed by atoms with Crippen LogP contribution >= 0.6 is 0 Å². The van der Waals surface area contributed by atoms with Crippen LogP contribution in [-0.2, 0) is 35.9 Å². The van der Waals surface area contributed by atoms with Crippen molar-refractivity contribution in [1.29, 1.82) is 0 Å². The second-order valence-corrected chi connectivity index (χ2v) is 14.9. The third-order valence-electron chi connectivity index (χ3n) is 8.45. The molecule has 45 heavy (non-hydrogen) atoms. The number of nitrogens with zero attached hydrogens (tertiary/aromatic N) is 2. The first-order valence-corrected chi connectivity index (χ1v) is 17.1. The molecule has 1 N–H and O–H groups in total. The third kappa shape index (κ3) is 7.70. The van der Waals surface area contributed by atoms with E-state index in [0.717, 1.165) is 40.3 Å². The number of rotatable bonds is 11. The van der Waals surface area contributed by atoms with Crippen LogP contribution in [0.4, 0.5) is 11.4 Å². The van der Waals surface area contributed by atoms with Gasteiger partial charge in [-0.15, -0.1) is 0 Å². The average molecular weight is 665 g/mol. The molecule has 0 atom stereocenters. The summed E-state index contributed by atoms with van der Waals surface area (Å²) in [5, 5.41) is 8.95. The zero-order chi connectivity index (χ0) is 32.7. The molecule has 0 bridgehead atoms. The average Bonchev–Trinajstić information content (AvgIpc) is 3.25. The van der Waals surface area contributed by atoms with Gasteiger partial charge in [-0.05, 0) is 68.7 Å². The van der Waals surface area contributed by atoms with Crippen LogP contribution in [0.3, 0.4) is 0 Å². The summed E-state index contributed by atoms with van der Waals surface area (Å²) < 4.78 is 72.1. The van der Waals surface area contributed by atoms with E-state index in [-0.39, 0.29) is 45.8 Å². The molecule has 2 aliphatic rings. The van der Waals surface area contributed by atoms with E-state index < -0.39 is 37.0 Å². The second-order valence-electron chi connectivity index (χ2n) is 12.1. The van der Waals surface area contributed by atoms with Crippen LogP contribution in [-0.4, -0.2) is 60.9 Å². The minimum absolute atomic E-state index is 0. The number of aliphatic carboxylic acids is 1. The zero-order valence-corrected chi connectivity index (χ0v) is 30.0. The van der Waals surface area contributed by atoms with Crippen LogP contribution in [0.25, 0.3) is 0 Å². The van der Waals surface area contributed by atoms with E-state index in [1.54, 1.807) is 12.1 Å². The van der Waals surface area contributed by atoms with Crippen LogP contribution in [0, 0.1) is 0 Å². The van der Waals surface area contributed by atoms with E-state index in [9.17, 15) is 30.7 Å². The molecule has 4 rings (SSSR count). The van der Waals surface area contributed by atoms with Gasteiger partial charge in [-0.25, -0.2) is 16.8 Å². The van der Waals surface area contributed by atoms with Gasteiger partial charge in [0.15, 0.2) is 5.71 Å². The molecule has 2 heterocycles. The van der Waals surface area contributed by atoms with Crippen LogP contribution in [0.5, 0.6) is 0 Å². The molecule has 0 fully saturated rings. The van der Waals surface area contributed by atoms with Crippen molar-refractivity contribution in [3.63, 3.8) is 0 Å². The van der Waals surface area contributed by atoms with Crippen molar-refractivity contribution in [3.05, 3.63) is 83.6 Å². The van der Waals surface area contributed by atoms with Gasteiger partial charge in [0.05, 0.1) is 15.2 Å². The first-order chi connectivity index (χ1) is 20.4. The Hall–Kier alpha value is -2.58. The Labute approximate surface area is 287 Å². The maximum absolute atomic E-state index is 11.8. The SMILES string of the molecule is C[N+]1=C(/C=C/C=C/C=C2\N(CCCCCC(=O)O)c3ccc(S(=O)(=O)[O-])cc3C2(C)C)C(C)(C)c2cc(S(=O)(=O)[O-])ccc21.[Na+]. The Morgan fingerprint density at radius 3 is 2.07 bits per heavy atom. The molecule has 236 valence electrons. The molecule has 2 aromatic rings. The van der Waals surface area contributed by atoms with Gasteiger partial charge < -0.3 is 19.1 Å². The molecule has 0 saturated carbocycles. The summed E-state index contributed by atoms with van der Waals surface area (Å²) in [6, 6.07) is 8.81. The van der Waals surface area contributed by atoms with Crippen LogP contribution in [0.15, 0.2) is 82.3 Å². The van der Waals surface area contributed by atoms with Gasteiger partial charge in [0.2, 0.25) is 5.69 Å². The number of carbonyl (C=O) groups is 1. The van der Waals surface area contributed by atoms with Crippen molar-refractivity contribution in [3.8, 4) is 0 Å². The van der Waals surface area contributed by atoms with E-state index in [4.69, 9.17) is 5.11 Å². The summed E-state index contributed by atoms with van der Waals surface area (Å²) >= 11 is 0. The Bertz CT molecular complexity index is 1840. The van der Waals surface area contributed by atoms with Crippen molar-refractivity contribution < 1.29 is 70.0 Å². The summed E-state index contributed by atoms with van der Waals surface area (Å²) in [6.07, 6.45) is 11.6. The van der Waals surface area contributed by atoms with Gasteiger partial charge in [0.25, 0.3) is 0 Å². The van der Waals surface area contributed by atoms with Crippen molar-refractivity contribution in [2.45, 2.75) is 74.0 Å². The van der Waals surface area contributed by atoms with Crippen LogP contribution < -0.4 is 34.5 Å². The molecule has 0 spiro atoms. The summed E-state index contributed by atoms with van der Waals surface area (Å²) in [5.74, 6) is -0.836. The maximum Gasteiger partial charge on any atom is 1.00 e. The summed E-state index contributed by atoms with van der Waals surface area (Å²) in [5.41, 5.74) is 3.72. The number of anilines is 1. The topological polar surface area (TPSA) is 158 Å². The molecule has 13 heteroatoms. The third-order valence-corrected chi connectivity index (χ3v) is 10.1. The molecule has 0 saturated heterocycles. The van der Waals surface area contributed by atoms with Crippen molar-refractivity contribution >= 4 is 43.3 Å². The number of carboxylic acids is 1. The fraction of sp³-hybridized carbons (Fsp3) is 0.375. The van der Waals surface area contributed by atoms with Gasteiger partial charge in [-0.1, -0.05) is 38.5 Å². The van der Waals surface area contributed by atoms with Gasteiger partial charge in [-0.3, -0.25) is 4.79 Å². The molecule has 0 amide bonds. The fourth-order valence-electron chi connectivity index (χ4n) is 6.10. The van der Waals surface area contributed by atoms with E-state index in [2.05, 4.69) is 4.90 Å². The van der Waals surface area contributed by atoms with E-state index >= 15 is 0 Å². The van der Waals surface area contributed by atoms with Crippen molar-refractivity contribution in [2.75, 3.05) is 18.5 Å². The summed E-state index contributed by atoms with van der Waals surface area (Å²) in [6.45, 7) is 8.44.